The minimum absolute atomic E-state index is 0.0949. The van der Waals surface area contributed by atoms with E-state index in [0.29, 0.717) is 0 Å². The van der Waals surface area contributed by atoms with Crippen LogP contribution in [0.3, 0.4) is 0 Å². The van der Waals surface area contributed by atoms with Gasteiger partial charge in [-0.05, 0) is 18.6 Å². The zero-order chi connectivity index (χ0) is 11.4. The molecule has 14 heavy (non-hydrogen) atoms. The van der Waals surface area contributed by atoms with Crippen molar-refractivity contribution < 1.29 is 17.6 Å². The summed E-state index contributed by atoms with van der Waals surface area (Å²) in [7, 11) is 0. The Kier molecular flexibility index (Phi) is 4.60. The minimum atomic E-state index is -4.60. The van der Waals surface area contributed by atoms with Gasteiger partial charge in [0, 0.05) is 0 Å². The summed E-state index contributed by atoms with van der Waals surface area (Å²) >= 11 is 0. The van der Waals surface area contributed by atoms with Crippen molar-refractivity contribution in [3.8, 4) is 0 Å². The monoisotopic (exact) mass is 208 g/mol. The minimum Gasteiger partial charge on any atom is -0.206 e. The number of alkyl halides is 3. The molecule has 0 saturated carbocycles. The van der Waals surface area contributed by atoms with E-state index in [4.69, 9.17) is 0 Å². The lowest BCUT2D eigenvalue weighted by atomic mass is 10.1. The van der Waals surface area contributed by atoms with Crippen molar-refractivity contribution in [3.63, 3.8) is 0 Å². The van der Waals surface area contributed by atoms with Gasteiger partial charge in [0.1, 0.15) is 5.82 Å². The van der Waals surface area contributed by atoms with E-state index in [1.165, 1.54) is 19.1 Å². The van der Waals surface area contributed by atoms with Gasteiger partial charge in [-0.15, -0.1) is 0 Å². The summed E-state index contributed by atoms with van der Waals surface area (Å²) in [5.74, 6) is -1.22. The summed E-state index contributed by atoms with van der Waals surface area (Å²) in [5.41, 5.74) is -1.27. The summed E-state index contributed by atoms with van der Waals surface area (Å²) in [4.78, 5) is 0. The van der Waals surface area contributed by atoms with Crippen LogP contribution >= 0.6 is 0 Å². The van der Waals surface area contributed by atoms with Crippen molar-refractivity contribution in [3.05, 3.63) is 35.1 Å². The highest BCUT2D eigenvalue weighted by molar-refractivity contribution is 5.29. The molecular weight excluding hydrogens is 196 g/mol. The zero-order valence-electron chi connectivity index (χ0n) is 8.24. The normalized spacial score (nSPS) is 10.5. The molecule has 0 aliphatic carbocycles. The lowest BCUT2D eigenvalue weighted by Gasteiger charge is -2.09. The second-order valence-electron chi connectivity index (χ2n) is 2.43. The van der Waals surface area contributed by atoms with Gasteiger partial charge >= 0.3 is 6.18 Å². The average Bonchev–Trinajstić information content (AvgIpc) is 2.05. The van der Waals surface area contributed by atoms with Gasteiger partial charge in [-0.3, -0.25) is 0 Å². The lowest BCUT2D eigenvalue weighted by molar-refractivity contribution is -0.140. The molecule has 0 nitrogen and oxygen atoms in total. The van der Waals surface area contributed by atoms with Crippen LogP contribution in [-0.4, -0.2) is 0 Å². The van der Waals surface area contributed by atoms with E-state index >= 15 is 0 Å². The predicted octanol–water partition coefficient (Wildman–Crippen LogP) is 4.18. The highest BCUT2D eigenvalue weighted by atomic mass is 19.4. The quantitative estimate of drug-likeness (QED) is 0.561. The molecule has 4 heteroatoms. The van der Waals surface area contributed by atoms with Gasteiger partial charge in [0.2, 0.25) is 0 Å². The standard InChI is InChI=1S/C8H6F4.C2H6/c1-5-3-2-4-6(9)7(5)8(10,11)12;1-2/h2-4H,1H3;1-2H3. The molecule has 1 aromatic carbocycles. The van der Waals surface area contributed by atoms with Crippen molar-refractivity contribution in [2.45, 2.75) is 26.9 Å². The van der Waals surface area contributed by atoms with Crippen LogP contribution in [0.25, 0.3) is 0 Å². The molecule has 1 aromatic rings. The second kappa shape index (κ2) is 4.98. The fourth-order valence-corrected chi connectivity index (χ4v) is 0.991. The number of benzene rings is 1. The summed E-state index contributed by atoms with van der Waals surface area (Å²) < 4.78 is 48.8. The Bertz CT molecular complexity index is 268. The molecule has 0 atom stereocenters. The van der Waals surface area contributed by atoms with Crippen LogP contribution in [0.5, 0.6) is 0 Å². The van der Waals surface area contributed by atoms with Crippen molar-refractivity contribution in [2.75, 3.05) is 0 Å². The van der Waals surface area contributed by atoms with E-state index in [1.54, 1.807) is 0 Å². The Balaban J connectivity index is 0.000000791. The SMILES string of the molecule is CC.Cc1cccc(F)c1C(F)(F)F. The maximum atomic E-state index is 12.6. The molecule has 0 spiro atoms. The van der Waals surface area contributed by atoms with E-state index in [2.05, 4.69) is 0 Å². The molecule has 0 N–H and O–H groups in total. The topological polar surface area (TPSA) is 0 Å². The highest BCUT2D eigenvalue weighted by Crippen LogP contribution is 2.33. The molecule has 0 unspecified atom stereocenters. The third kappa shape index (κ3) is 3.01. The van der Waals surface area contributed by atoms with Crippen LogP contribution in [0.4, 0.5) is 17.6 Å². The van der Waals surface area contributed by atoms with Crippen LogP contribution in [0.1, 0.15) is 25.0 Å². The van der Waals surface area contributed by atoms with Gasteiger partial charge in [-0.1, -0.05) is 26.0 Å². The summed E-state index contributed by atoms with van der Waals surface area (Å²) in [6, 6.07) is 3.28. The summed E-state index contributed by atoms with van der Waals surface area (Å²) in [6.07, 6.45) is -4.60. The van der Waals surface area contributed by atoms with Gasteiger partial charge in [-0.2, -0.15) is 13.2 Å². The van der Waals surface area contributed by atoms with Gasteiger partial charge in [0.05, 0.1) is 5.56 Å². The van der Waals surface area contributed by atoms with E-state index in [1.807, 2.05) is 13.8 Å². The van der Waals surface area contributed by atoms with Crippen molar-refractivity contribution in [1.82, 2.24) is 0 Å². The van der Waals surface area contributed by atoms with Crippen LogP contribution in [0, 0.1) is 12.7 Å². The summed E-state index contributed by atoms with van der Waals surface area (Å²) in [6.45, 7) is 5.23. The third-order valence-corrected chi connectivity index (χ3v) is 1.51. The second-order valence-corrected chi connectivity index (χ2v) is 2.43. The van der Waals surface area contributed by atoms with Crippen LogP contribution in [0.15, 0.2) is 18.2 Å². The molecular formula is C10H12F4. The first-order valence-electron chi connectivity index (χ1n) is 4.25. The van der Waals surface area contributed by atoms with Gasteiger partial charge in [0.25, 0.3) is 0 Å². The largest absolute Gasteiger partial charge is 0.419 e. The fraction of sp³-hybridized carbons (Fsp3) is 0.400. The molecule has 1 rings (SSSR count). The molecule has 0 amide bonds. The first-order valence-corrected chi connectivity index (χ1v) is 4.25. The van der Waals surface area contributed by atoms with E-state index in [0.717, 1.165) is 6.07 Å². The Morgan fingerprint density at radius 3 is 1.86 bits per heavy atom. The van der Waals surface area contributed by atoms with Crippen LogP contribution in [-0.2, 0) is 6.18 Å². The van der Waals surface area contributed by atoms with Crippen molar-refractivity contribution in [1.29, 1.82) is 0 Å². The van der Waals surface area contributed by atoms with Crippen LogP contribution < -0.4 is 0 Å². The number of hydrogen-bond acceptors (Lipinski definition) is 0. The molecule has 0 heterocycles. The third-order valence-electron chi connectivity index (χ3n) is 1.51. The van der Waals surface area contributed by atoms with Gasteiger partial charge < -0.3 is 0 Å². The molecule has 0 aromatic heterocycles. The molecule has 80 valence electrons. The Labute approximate surface area is 80.6 Å². The molecule has 0 aliphatic rings. The Morgan fingerprint density at radius 1 is 1.07 bits per heavy atom. The van der Waals surface area contributed by atoms with Crippen molar-refractivity contribution >= 4 is 0 Å². The number of rotatable bonds is 0. The molecule has 0 fully saturated rings. The smallest absolute Gasteiger partial charge is 0.206 e. The number of hydrogen-bond donors (Lipinski definition) is 0. The van der Waals surface area contributed by atoms with E-state index < -0.39 is 17.6 Å². The number of aryl methyl sites for hydroxylation is 1. The zero-order valence-corrected chi connectivity index (χ0v) is 8.24. The molecule has 0 saturated heterocycles. The Morgan fingerprint density at radius 2 is 1.57 bits per heavy atom. The predicted molar refractivity (Wildman–Crippen MR) is 47.5 cm³/mol. The Hall–Kier alpha value is -1.06. The molecule has 0 radical (unpaired) electrons. The maximum Gasteiger partial charge on any atom is 0.419 e. The first-order chi connectivity index (χ1) is 6.43. The number of halogens is 4. The van der Waals surface area contributed by atoms with Crippen LogP contribution in [0.2, 0.25) is 0 Å². The van der Waals surface area contributed by atoms with Gasteiger partial charge in [-0.25, -0.2) is 4.39 Å². The average molecular weight is 208 g/mol. The lowest BCUT2D eigenvalue weighted by Crippen LogP contribution is -2.10. The fourth-order valence-electron chi connectivity index (χ4n) is 0.991. The van der Waals surface area contributed by atoms with E-state index in [-0.39, 0.29) is 5.56 Å². The highest BCUT2D eigenvalue weighted by Gasteiger charge is 2.35. The molecule has 0 aliphatic heterocycles. The van der Waals surface area contributed by atoms with Gasteiger partial charge in [0.15, 0.2) is 0 Å². The first kappa shape index (κ1) is 12.9. The summed E-state index contributed by atoms with van der Waals surface area (Å²) in [5, 5.41) is 0. The maximum absolute atomic E-state index is 12.6. The van der Waals surface area contributed by atoms with E-state index in [9.17, 15) is 17.6 Å². The van der Waals surface area contributed by atoms with Crippen molar-refractivity contribution in [2.24, 2.45) is 0 Å². The molecule has 0 bridgehead atoms.